The van der Waals surface area contributed by atoms with Crippen molar-refractivity contribution in [1.82, 2.24) is 0 Å². The van der Waals surface area contributed by atoms with Crippen LogP contribution in [0.3, 0.4) is 0 Å². The number of rotatable bonds is 6. The average Bonchev–Trinajstić information content (AvgIpc) is 3.33. The predicted octanol–water partition coefficient (Wildman–Crippen LogP) is 4.63. The van der Waals surface area contributed by atoms with E-state index in [1.807, 2.05) is 55.5 Å². The van der Waals surface area contributed by atoms with Gasteiger partial charge in [-0.3, -0.25) is 9.59 Å². The van der Waals surface area contributed by atoms with E-state index in [9.17, 15) is 9.59 Å². The molecule has 0 spiro atoms. The number of para-hydroxylation sites is 1. The van der Waals surface area contributed by atoms with Crippen LogP contribution in [0, 0.1) is 11.8 Å². The molecule has 4 nitrogen and oxygen atoms in total. The molecule has 0 aliphatic heterocycles. The van der Waals surface area contributed by atoms with Crippen molar-refractivity contribution in [3.63, 3.8) is 0 Å². The third-order valence-electron chi connectivity index (χ3n) is 3.96. The number of halogens is 1. The van der Waals surface area contributed by atoms with Crippen molar-refractivity contribution in [3.8, 4) is 0 Å². The highest BCUT2D eigenvalue weighted by Crippen LogP contribution is 2.38. The minimum absolute atomic E-state index is 0.0412. The Kier molecular flexibility index (Phi) is 5.66. The summed E-state index contributed by atoms with van der Waals surface area (Å²) in [4.78, 5) is 25.7. The number of esters is 1. The molecule has 1 aliphatic rings. The summed E-state index contributed by atoms with van der Waals surface area (Å²) in [6.45, 7) is 1.73. The van der Waals surface area contributed by atoms with E-state index in [-0.39, 0.29) is 24.4 Å². The van der Waals surface area contributed by atoms with Gasteiger partial charge in [-0.05, 0) is 48.7 Å². The van der Waals surface area contributed by atoms with Gasteiger partial charge in [0.2, 0.25) is 0 Å². The molecule has 0 heterocycles. The molecule has 1 saturated carbocycles. The number of carbonyl (C=O) groups is 2. The maximum absolute atomic E-state index is 12.1. The molecule has 3 rings (SSSR count). The Morgan fingerprint density at radius 2 is 1.88 bits per heavy atom. The van der Waals surface area contributed by atoms with Crippen LogP contribution in [0.2, 0.25) is 5.02 Å². The molecule has 2 aromatic carbocycles. The lowest BCUT2D eigenvalue weighted by atomic mass is 10.3. The molecule has 1 N–H and O–H groups in total. The van der Waals surface area contributed by atoms with Gasteiger partial charge < -0.3 is 10.1 Å². The Morgan fingerprint density at radius 3 is 2.56 bits per heavy atom. The maximum Gasteiger partial charge on any atom is 0.309 e. The summed E-state index contributed by atoms with van der Waals surface area (Å²) in [7, 11) is 0. The first-order valence-electron chi connectivity index (χ1n) is 8.02. The monoisotopic (exact) mass is 375 g/mol. The first-order chi connectivity index (χ1) is 12.0. The van der Waals surface area contributed by atoms with Crippen molar-refractivity contribution >= 4 is 40.9 Å². The van der Waals surface area contributed by atoms with Crippen LogP contribution in [0.1, 0.15) is 13.3 Å². The third-order valence-corrected chi connectivity index (χ3v) is 5.30. The van der Waals surface area contributed by atoms with E-state index in [2.05, 4.69) is 5.32 Å². The van der Waals surface area contributed by atoms with Crippen LogP contribution in [0.15, 0.2) is 58.3 Å². The summed E-state index contributed by atoms with van der Waals surface area (Å²) in [5.41, 5.74) is 0.684. The lowest BCUT2D eigenvalue weighted by Gasteiger charge is -2.11. The Morgan fingerprint density at radius 1 is 1.20 bits per heavy atom. The molecule has 130 valence electrons. The zero-order valence-corrected chi connectivity index (χ0v) is 15.3. The van der Waals surface area contributed by atoms with Gasteiger partial charge in [-0.1, -0.05) is 42.4 Å². The van der Waals surface area contributed by atoms with E-state index in [0.717, 1.165) is 16.2 Å². The summed E-state index contributed by atoms with van der Waals surface area (Å²) < 4.78 is 5.07. The summed E-state index contributed by atoms with van der Waals surface area (Å²) >= 11 is 7.43. The van der Waals surface area contributed by atoms with Crippen LogP contribution in [0.5, 0.6) is 0 Å². The molecule has 0 saturated heterocycles. The number of amides is 1. The number of benzene rings is 2. The molecular weight excluding hydrogens is 358 g/mol. The van der Waals surface area contributed by atoms with E-state index in [1.165, 1.54) is 11.8 Å². The first-order valence-corrected chi connectivity index (χ1v) is 9.21. The lowest BCUT2D eigenvalue weighted by Crippen LogP contribution is -2.22. The zero-order chi connectivity index (χ0) is 17.8. The van der Waals surface area contributed by atoms with E-state index < -0.39 is 0 Å². The van der Waals surface area contributed by atoms with Crippen LogP contribution in [-0.4, -0.2) is 18.5 Å². The number of carbonyl (C=O) groups excluding carboxylic acids is 2. The smallest absolute Gasteiger partial charge is 0.309 e. The van der Waals surface area contributed by atoms with Crippen LogP contribution < -0.4 is 5.32 Å². The van der Waals surface area contributed by atoms with Gasteiger partial charge in [-0.25, -0.2) is 0 Å². The highest BCUT2D eigenvalue weighted by atomic mass is 35.5. The van der Waals surface area contributed by atoms with E-state index in [1.54, 1.807) is 0 Å². The van der Waals surface area contributed by atoms with E-state index in [4.69, 9.17) is 16.3 Å². The molecular formula is C19H18ClNO3S. The Bertz CT molecular complexity index is 778. The van der Waals surface area contributed by atoms with Crippen molar-refractivity contribution in [2.24, 2.45) is 11.8 Å². The minimum Gasteiger partial charge on any atom is -0.455 e. The number of nitrogens with one attached hydrogen (secondary N) is 1. The number of ether oxygens (including phenoxy) is 1. The summed E-state index contributed by atoms with van der Waals surface area (Å²) in [6, 6.07) is 15.0. The Balaban J connectivity index is 1.59. The molecule has 1 fully saturated rings. The standard InChI is InChI=1S/C19H18ClNO3S/c1-12-10-15(12)19(23)24-11-18(22)21-16-4-2-3-5-17(16)25-14-8-6-13(20)7-9-14/h2-9,12,15H,10-11H2,1H3,(H,21,22)/t12-,15-/m1/s1. The van der Waals surface area contributed by atoms with Crippen molar-refractivity contribution in [2.45, 2.75) is 23.1 Å². The summed E-state index contributed by atoms with van der Waals surface area (Å²) in [5.74, 6) is -0.301. The Hall–Kier alpha value is -1.98. The lowest BCUT2D eigenvalue weighted by molar-refractivity contribution is -0.148. The third kappa shape index (κ3) is 5.00. The second kappa shape index (κ2) is 7.93. The fourth-order valence-corrected chi connectivity index (χ4v) is 3.40. The summed E-state index contributed by atoms with van der Waals surface area (Å²) in [5, 5.41) is 3.48. The molecule has 2 atom stereocenters. The quantitative estimate of drug-likeness (QED) is 0.748. The van der Waals surface area contributed by atoms with Crippen molar-refractivity contribution in [1.29, 1.82) is 0 Å². The fourth-order valence-electron chi connectivity index (χ4n) is 2.37. The first kappa shape index (κ1) is 17.8. The molecule has 0 aromatic heterocycles. The largest absolute Gasteiger partial charge is 0.455 e. The molecule has 25 heavy (non-hydrogen) atoms. The van der Waals surface area contributed by atoms with Gasteiger partial charge in [0.25, 0.3) is 5.91 Å². The van der Waals surface area contributed by atoms with Gasteiger partial charge in [0.15, 0.2) is 6.61 Å². The molecule has 0 radical (unpaired) electrons. The van der Waals surface area contributed by atoms with Gasteiger partial charge in [0.05, 0.1) is 11.6 Å². The van der Waals surface area contributed by atoms with Crippen molar-refractivity contribution in [2.75, 3.05) is 11.9 Å². The number of hydrogen-bond donors (Lipinski definition) is 1. The predicted molar refractivity (Wildman–Crippen MR) is 98.9 cm³/mol. The number of anilines is 1. The molecule has 1 amide bonds. The van der Waals surface area contributed by atoms with Crippen molar-refractivity contribution in [3.05, 3.63) is 53.6 Å². The molecule has 6 heteroatoms. The Labute approximate surface area is 155 Å². The second-order valence-corrected chi connectivity index (χ2v) is 7.58. The molecule has 0 bridgehead atoms. The highest BCUT2D eigenvalue weighted by Gasteiger charge is 2.40. The van der Waals surface area contributed by atoms with Crippen LogP contribution in [0.25, 0.3) is 0 Å². The normalized spacial score (nSPS) is 18.5. The van der Waals surface area contributed by atoms with Gasteiger partial charge in [-0.15, -0.1) is 0 Å². The molecule has 2 aromatic rings. The van der Waals surface area contributed by atoms with Gasteiger partial charge >= 0.3 is 5.97 Å². The fraction of sp³-hybridized carbons (Fsp3) is 0.263. The highest BCUT2D eigenvalue weighted by molar-refractivity contribution is 7.99. The van der Waals surface area contributed by atoms with Crippen molar-refractivity contribution < 1.29 is 14.3 Å². The maximum atomic E-state index is 12.1. The molecule has 0 unspecified atom stereocenters. The van der Waals surface area contributed by atoms with Gasteiger partial charge in [0.1, 0.15) is 0 Å². The second-order valence-electron chi connectivity index (χ2n) is 6.03. The SMILES string of the molecule is C[C@@H]1C[C@H]1C(=O)OCC(=O)Nc1ccccc1Sc1ccc(Cl)cc1. The van der Waals surface area contributed by atoms with E-state index >= 15 is 0 Å². The summed E-state index contributed by atoms with van der Waals surface area (Å²) in [6.07, 6.45) is 0.848. The van der Waals surface area contributed by atoms with Gasteiger partial charge in [-0.2, -0.15) is 0 Å². The van der Waals surface area contributed by atoms with Crippen LogP contribution in [0.4, 0.5) is 5.69 Å². The zero-order valence-electron chi connectivity index (χ0n) is 13.7. The van der Waals surface area contributed by atoms with Crippen LogP contribution in [-0.2, 0) is 14.3 Å². The van der Waals surface area contributed by atoms with Gasteiger partial charge in [0, 0.05) is 14.8 Å². The number of hydrogen-bond acceptors (Lipinski definition) is 4. The molecule has 1 aliphatic carbocycles. The van der Waals surface area contributed by atoms with E-state index in [0.29, 0.717) is 16.6 Å². The minimum atomic E-state index is -0.342. The van der Waals surface area contributed by atoms with Crippen LogP contribution >= 0.6 is 23.4 Å². The average molecular weight is 376 g/mol. The topological polar surface area (TPSA) is 55.4 Å².